The number of nitrogens with zero attached hydrogens (tertiary/aromatic N) is 5. The molecule has 9 heteroatoms. The standard InChI is InChI=1S/C30H31ClFN5O2/c1-18(2)37-22-5-6-23(37)17-35(16-22)28-13-20(8-9-33-28)25-15-21(32)14-24(29(25)38)19-4-7-27(26(31)12-19)36-11-10-34(3)30(36)39/h4,7-15,18,22-23,38H,5-6,16-17H2,1-3H3. The Balaban J connectivity index is 1.34. The summed E-state index contributed by atoms with van der Waals surface area (Å²) in [7, 11) is 1.66. The molecule has 7 nitrogen and oxygen atoms in total. The fraction of sp³-hybridized carbons (Fsp3) is 0.333. The number of pyridine rings is 1. The van der Waals surface area contributed by atoms with Crippen LogP contribution in [0.15, 0.2) is 65.8 Å². The zero-order valence-corrected chi connectivity index (χ0v) is 22.9. The monoisotopic (exact) mass is 547 g/mol. The highest BCUT2D eigenvalue weighted by Crippen LogP contribution is 2.41. The van der Waals surface area contributed by atoms with E-state index in [0.717, 1.165) is 18.9 Å². The molecule has 0 aliphatic carbocycles. The molecule has 0 saturated carbocycles. The van der Waals surface area contributed by atoms with E-state index >= 15 is 0 Å². The van der Waals surface area contributed by atoms with E-state index in [1.54, 1.807) is 49.9 Å². The second-order valence-electron chi connectivity index (χ2n) is 10.8. The van der Waals surface area contributed by atoms with E-state index in [9.17, 15) is 14.3 Å². The number of hydrogen-bond donors (Lipinski definition) is 1. The van der Waals surface area contributed by atoms with Crippen LogP contribution in [0.4, 0.5) is 10.2 Å². The minimum atomic E-state index is -0.473. The zero-order valence-electron chi connectivity index (χ0n) is 22.2. The lowest BCUT2D eigenvalue weighted by atomic mass is 9.97. The zero-order chi connectivity index (χ0) is 27.4. The second-order valence-corrected chi connectivity index (χ2v) is 11.2. The van der Waals surface area contributed by atoms with Crippen LogP contribution in [0.2, 0.25) is 5.02 Å². The highest BCUT2D eigenvalue weighted by molar-refractivity contribution is 6.32. The molecule has 2 aromatic heterocycles. The Morgan fingerprint density at radius 3 is 2.26 bits per heavy atom. The van der Waals surface area contributed by atoms with Gasteiger partial charge in [-0.15, -0.1) is 0 Å². The summed E-state index contributed by atoms with van der Waals surface area (Å²) in [6.45, 7) is 6.32. The third-order valence-electron chi connectivity index (χ3n) is 8.06. The van der Waals surface area contributed by atoms with Crippen molar-refractivity contribution in [3.05, 3.63) is 82.4 Å². The van der Waals surface area contributed by atoms with Crippen LogP contribution in [-0.4, -0.2) is 55.3 Å². The number of aromatic nitrogens is 3. The van der Waals surface area contributed by atoms with Gasteiger partial charge in [-0.05, 0) is 74.2 Å². The van der Waals surface area contributed by atoms with Crippen LogP contribution in [0.25, 0.3) is 27.9 Å². The van der Waals surface area contributed by atoms with Crippen molar-refractivity contribution in [3.8, 4) is 33.7 Å². The van der Waals surface area contributed by atoms with Crippen LogP contribution in [0.1, 0.15) is 26.7 Å². The summed E-state index contributed by atoms with van der Waals surface area (Å²) in [4.78, 5) is 21.9. The fourth-order valence-electron chi connectivity index (χ4n) is 6.28. The molecular formula is C30H31ClFN5O2. The smallest absolute Gasteiger partial charge is 0.332 e. The Bertz CT molecular complexity index is 1600. The van der Waals surface area contributed by atoms with E-state index in [1.807, 2.05) is 6.07 Å². The molecule has 0 amide bonds. The lowest BCUT2D eigenvalue weighted by molar-refractivity contribution is 0.129. The van der Waals surface area contributed by atoms with E-state index in [-0.39, 0.29) is 11.4 Å². The molecule has 4 heterocycles. The number of aryl methyl sites for hydroxylation is 1. The molecule has 2 saturated heterocycles. The van der Waals surface area contributed by atoms with E-state index in [2.05, 4.69) is 28.6 Å². The van der Waals surface area contributed by atoms with Crippen molar-refractivity contribution in [1.82, 2.24) is 19.0 Å². The molecule has 6 rings (SSSR count). The van der Waals surface area contributed by atoms with Crippen molar-refractivity contribution >= 4 is 17.4 Å². The fourth-order valence-corrected chi connectivity index (χ4v) is 6.55. The Morgan fingerprint density at radius 2 is 1.67 bits per heavy atom. The molecular weight excluding hydrogens is 517 g/mol. The van der Waals surface area contributed by atoms with Crippen LogP contribution in [0.3, 0.4) is 0 Å². The van der Waals surface area contributed by atoms with Crippen LogP contribution < -0.4 is 10.6 Å². The predicted molar refractivity (Wildman–Crippen MR) is 152 cm³/mol. The number of aromatic hydroxyl groups is 1. The Morgan fingerprint density at radius 1 is 1.00 bits per heavy atom. The third-order valence-corrected chi connectivity index (χ3v) is 8.36. The van der Waals surface area contributed by atoms with Gasteiger partial charge in [0.1, 0.15) is 17.4 Å². The molecule has 2 aliphatic rings. The maximum Gasteiger partial charge on any atom is 0.332 e. The number of rotatable bonds is 5. The van der Waals surface area contributed by atoms with Crippen LogP contribution in [0, 0.1) is 5.82 Å². The number of phenols is 1. The molecule has 2 atom stereocenters. The van der Waals surface area contributed by atoms with Crippen LogP contribution in [0.5, 0.6) is 5.75 Å². The van der Waals surface area contributed by atoms with Crippen LogP contribution >= 0.6 is 11.6 Å². The number of piperazine rings is 1. The Hall–Kier alpha value is -3.62. The molecule has 2 bridgehead atoms. The quantitative estimate of drug-likeness (QED) is 0.359. The first-order valence-corrected chi connectivity index (χ1v) is 13.6. The highest BCUT2D eigenvalue weighted by Gasteiger charge is 2.41. The van der Waals surface area contributed by atoms with Gasteiger partial charge in [-0.1, -0.05) is 17.7 Å². The lowest BCUT2D eigenvalue weighted by Gasteiger charge is -2.43. The first kappa shape index (κ1) is 25.6. The maximum absolute atomic E-state index is 14.9. The number of anilines is 1. The molecule has 2 aliphatic heterocycles. The summed E-state index contributed by atoms with van der Waals surface area (Å²) >= 11 is 6.55. The Kier molecular flexibility index (Phi) is 6.47. The minimum Gasteiger partial charge on any atom is -0.507 e. The topological polar surface area (TPSA) is 66.5 Å². The van der Waals surface area contributed by atoms with E-state index < -0.39 is 5.82 Å². The number of halogens is 2. The number of benzene rings is 2. The molecule has 1 N–H and O–H groups in total. The van der Waals surface area contributed by atoms with Gasteiger partial charge in [0.05, 0.1) is 10.7 Å². The highest BCUT2D eigenvalue weighted by atomic mass is 35.5. The first-order chi connectivity index (χ1) is 18.7. The van der Waals surface area contributed by atoms with Crippen molar-refractivity contribution in [1.29, 1.82) is 0 Å². The Labute approximate surface area is 231 Å². The lowest BCUT2D eigenvalue weighted by Crippen LogP contribution is -2.56. The van der Waals surface area contributed by atoms with Crippen molar-refractivity contribution in [2.24, 2.45) is 7.05 Å². The molecule has 0 spiro atoms. The molecule has 0 radical (unpaired) electrons. The van der Waals surface area contributed by atoms with Gasteiger partial charge >= 0.3 is 5.69 Å². The van der Waals surface area contributed by atoms with Gasteiger partial charge in [-0.25, -0.2) is 14.2 Å². The summed E-state index contributed by atoms with van der Waals surface area (Å²) < 4.78 is 17.8. The van der Waals surface area contributed by atoms with Crippen LogP contribution in [-0.2, 0) is 7.05 Å². The molecule has 2 aromatic carbocycles. The second kappa shape index (κ2) is 9.84. The average molecular weight is 548 g/mol. The summed E-state index contributed by atoms with van der Waals surface area (Å²) in [6, 6.07) is 12.9. The average Bonchev–Trinajstić information content (AvgIpc) is 3.39. The number of fused-ring (bicyclic) bond motifs is 2. The first-order valence-electron chi connectivity index (χ1n) is 13.3. The number of phenolic OH excluding ortho intramolecular Hbond substituents is 1. The molecule has 4 aromatic rings. The van der Waals surface area contributed by atoms with Gasteiger partial charge in [-0.2, -0.15) is 0 Å². The predicted octanol–water partition coefficient (Wildman–Crippen LogP) is 5.46. The molecule has 202 valence electrons. The van der Waals surface area contributed by atoms with Crippen molar-refractivity contribution < 1.29 is 9.50 Å². The molecule has 2 fully saturated rings. The van der Waals surface area contributed by atoms with Crippen molar-refractivity contribution in [2.75, 3.05) is 18.0 Å². The number of hydrogen-bond acceptors (Lipinski definition) is 5. The SMILES string of the molecule is CC(C)N1C2CCC1CN(c1cc(-c3cc(F)cc(-c4ccc(-n5ccn(C)c5=O)c(Cl)c4)c3O)ccn1)C2. The summed E-state index contributed by atoms with van der Waals surface area (Å²) in [6.07, 6.45) is 7.38. The maximum atomic E-state index is 14.9. The summed E-state index contributed by atoms with van der Waals surface area (Å²) in [5, 5.41) is 11.6. The van der Waals surface area contributed by atoms with Gasteiger partial charge in [0, 0.05) is 68.0 Å². The number of imidazole rings is 1. The largest absolute Gasteiger partial charge is 0.507 e. The van der Waals surface area contributed by atoms with Gasteiger partial charge in [0.15, 0.2) is 0 Å². The van der Waals surface area contributed by atoms with Gasteiger partial charge in [0.2, 0.25) is 0 Å². The normalized spacial score (nSPS) is 19.3. The van der Waals surface area contributed by atoms with Crippen molar-refractivity contribution in [3.63, 3.8) is 0 Å². The summed E-state index contributed by atoms with van der Waals surface area (Å²) in [5.41, 5.74) is 2.22. The third kappa shape index (κ3) is 4.51. The molecule has 39 heavy (non-hydrogen) atoms. The van der Waals surface area contributed by atoms with Gasteiger partial charge < -0.3 is 14.6 Å². The minimum absolute atomic E-state index is 0.0426. The van der Waals surface area contributed by atoms with Crippen molar-refractivity contribution in [2.45, 2.75) is 44.8 Å². The van der Waals surface area contributed by atoms with Gasteiger partial charge in [-0.3, -0.25) is 9.47 Å². The van der Waals surface area contributed by atoms with E-state index in [1.165, 1.54) is 34.1 Å². The van der Waals surface area contributed by atoms with E-state index in [0.29, 0.717) is 51.1 Å². The molecule has 2 unspecified atom stereocenters. The summed E-state index contributed by atoms with van der Waals surface area (Å²) in [5.74, 6) is 0.317. The van der Waals surface area contributed by atoms with E-state index in [4.69, 9.17) is 11.6 Å². The van der Waals surface area contributed by atoms with Gasteiger partial charge in [0.25, 0.3) is 0 Å².